The van der Waals surface area contributed by atoms with E-state index in [0.29, 0.717) is 23.5 Å². The van der Waals surface area contributed by atoms with Crippen molar-refractivity contribution < 1.29 is 9.18 Å². The van der Waals surface area contributed by atoms with Crippen molar-refractivity contribution in [2.45, 2.75) is 26.4 Å². The van der Waals surface area contributed by atoms with E-state index in [9.17, 15) is 9.18 Å². The van der Waals surface area contributed by atoms with Crippen molar-refractivity contribution in [1.29, 1.82) is 0 Å². The summed E-state index contributed by atoms with van der Waals surface area (Å²) in [6, 6.07) is 7.78. The average Bonchev–Trinajstić information content (AvgIpc) is 2.86. The number of carbonyl (C=O) groups excluding carboxylic acids is 1. The standard InChI is InChI=1S/C16H20FN3O/c1-4-20-10-12(18)9-15(20)16(21)19(3)11(2)13-7-5-6-8-14(13)17/h5-11H,4,18H2,1-3H3. The zero-order valence-electron chi connectivity index (χ0n) is 12.5. The molecular formula is C16H20FN3O. The Bertz CT molecular complexity index is 651. The van der Waals surface area contributed by atoms with E-state index in [1.54, 1.807) is 49.0 Å². The molecule has 4 nitrogen and oxygen atoms in total. The predicted molar refractivity (Wildman–Crippen MR) is 81.4 cm³/mol. The summed E-state index contributed by atoms with van der Waals surface area (Å²) in [5.41, 5.74) is 7.31. The Morgan fingerprint density at radius 2 is 2.10 bits per heavy atom. The lowest BCUT2D eigenvalue weighted by atomic mass is 10.1. The van der Waals surface area contributed by atoms with Crippen LogP contribution in [0.25, 0.3) is 0 Å². The number of hydrogen-bond acceptors (Lipinski definition) is 2. The van der Waals surface area contributed by atoms with Crippen LogP contribution in [0.5, 0.6) is 0 Å². The van der Waals surface area contributed by atoms with Crippen LogP contribution in [-0.2, 0) is 6.54 Å². The van der Waals surface area contributed by atoms with Crippen LogP contribution in [0.3, 0.4) is 0 Å². The highest BCUT2D eigenvalue weighted by molar-refractivity contribution is 5.94. The Hall–Kier alpha value is -2.30. The van der Waals surface area contributed by atoms with Gasteiger partial charge in [-0.3, -0.25) is 4.79 Å². The molecule has 1 atom stereocenters. The molecule has 5 heteroatoms. The maximum absolute atomic E-state index is 13.9. The fourth-order valence-electron chi connectivity index (χ4n) is 2.35. The Balaban J connectivity index is 2.28. The Morgan fingerprint density at radius 1 is 1.43 bits per heavy atom. The lowest BCUT2D eigenvalue weighted by Gasteiger charge is -2.26. The smallest absolute Gasteiger partial charge is 0.270 e. The molecule has 0 radical (unpaired) electrons. The molecule has 112 valence electrons. The second-order valence-corrected chi connectivity index (χ2v) is 5.06. The van der Waals surface area contributed by atoms with Crippen LogP contribution in [0.2, 0.25) is 0 Å². The molecule has 1 heterocycles. The van der Waals surface area contributed by atoms with Crippen LogP contribution in [0.4, 0.5) is 10.1 Å². The van der Waals surface area contributed by atoms with Crippen LogP contribution in [0.1, 0.15) is 35.9 Å². The molecule has 21 heavy (non-hydrogen) atoms. The first kappa shape index (κ1) is 15.1. The number of rotatable bonds is 4. The number of amides is 1. The maximum Gasteiger partial charge on any atom is 0.270 e. The van der Waals surface area contributed by atoms with Gasteiger partial charge in [0.15, 0.2) is 0 Å². The summed E-state index contributed by atoms with van der Waals surface area (Å²) in [5.74, 6) is -0.487. The lowest BCUT2D eigenvalue weighted by Crippen LogP contribution is -2.31. The normalized spacial score (nSPS) is 12.2. The van der Waals surface area contributed by atoms with Gasteiger partial charge in [-0.25, -0.2) is 4.39 Å². The molecule has 1 aromatic heterocycles. The van der Waals surface area contributed by atoms with Crippen molar-refractivity contribution in [3.63, 3.8) is 0 Å². The van der Waals surface area contributed by atoms with Crippen LogP contribution >= 0.6 is 0 Å². The van der Waals surface area contributed by atoms with Gasteiger partial charge in [0, 0.05) is 25.4 Å². The topological polar surface area (TPSA) is 51.3 Å². The number of hydrogen-bond donors (Lipinski definition) is 1. The van der Waals surface area contributed by atoms with Crippen molar-refractivity contribution in [1.82, 2.24) is 9.47 Å². The van der Waals surface area contributed by atoms with E-state index in [1.807, 2.05) is 6.92 Å². The van der Waals surface area contributed by atoms with Gasteiger partial charge in [-0.2, -0.15) is 0 Å². The molecule has 0 bridgehead atoms. The van der Waals surface area contributed by atoms with Gasteiger partial charge in [0.1, 0.15) is 11.5 Å². The largest absolute Gasteiger partial charge is 0.397 e. The highest BCUT2D eigenvalue weighted by Gasteiger charge is 2.23. The molecular weight excluding hydrogens is 269 g/mol. The lowest BCUT2D eigenvalue weighted by molar-refractivity contribution is 0.0729. The molecule has 2 N–H and O–H groups in total. The van der Waals surface area contributed by atoms with E-state index in [4.69, 9.17) is 5.73 Å². The van der Waals surface area contributed by atoms with Gasteiger partial charge in [-0.15, -0.1) is 0 Å². The van der Waals surface area contributed by atoms with Crippen molar-refractivity contribution in [3.8, 4) is 0 Å². The van der Waals surface area contributed by atoms with Crippen LogP contribution in [0.15, 0.2) is 36.5 Å². The highest BCUT2D eigenvalue weighted by atomic mass is 19.1. The molecule has 1 unspecified atom stereocenters. The fourth-order valence-corrected chi connectivity index (χ4v) is 2.35. The first-order valence-corrected chi connectivity index (χ1v) is 6.93. The summed E-state index contributed by atoms with van der Waals surface area (Å²) in [6.45, 7) is 4.40. The Morgan fingerprint density at radius 3 is 2.71 bits per heavy atom. The molecule has 2 rings (SSSR count). The van der Waals surface area contributed by atoms with E-state index < -0.39 is 0 Å². The predicted octanol–water partition coefficient (Wildman–Crippen LogP) is 3.06. The summed E-state index contributed by atoms with van der Waals surface area (Å²) in [5, 5.41) is 0. The third-order valence-corrected chi connectivity index (χ3v) is 3.73. The number of anilines is 1. The van der Waals surface area contributed by atoms with Gasteiger partial charge in [0.25, 0.3) is 5.91 Å². The van der Waals surface area contributed by atoms with Crippen molar-refractivity contribution >= 4 is 11.6 Å². The van der Waals surface area contributed by atoms with E-state index in [-0.39, 0.29) is 17.8 Å². The van der Waals surface area contributed by atoms with E-state index >= 15 is 0 Å². The molecule has 0 saturated carbocycles. The van der Waals surface area contributed by atoms with Gasteiger partial charge >= 0.3 is 0 Å². The minimum Gasteiger partial charge on any atom is -0.397 e. The summed E-state index contributed by atoms with van der Waals surface area (Å²) in [4.78, 5) is 14.1. The van der Waals surface area contributed by atoms with E-state index in [1.165, 1.54) is 11.0 Å². The first-order valence-electron chi connectivity index (χ1n) is 6.93. The highest BCUT2D eigenvalue weighted by Crippen LogP contribution is 2.24. The quantitative estimate of drug-likeness (QED) is 0.940. The summed E-state index contributed by atoms with van der Waals surface area (Å²) < 4.78 is 15.6. The minimum absolute atomic E-state index is 0.177. The number of nitrogens with zero attached hydrogens (tertiary/aromatic N) is 2. The summed E-state index contributed by atoms with van der Waals surface area (Å²) >= 11 is 0. The molecule has 0 saturated heterocycles. The van der Waals surface area contributed by atoms with Crippen LogP contribution in [-0.4, -0.2) is 22.4 Å². The average molecular weight is 289 g/mol. The number of benzene rings is 1. The van der Waals surface area contributed by atoms with Gasteiger partial charge in [-0.1, -0.05) is 18.2 Å². The zero-order chi connectivity index (χ0) is 15.6. The van der Waals surface area contributed by atoms with Gasteiger partial charge < -0.3 is 15.2 Å². The van der Waals surface area contributed by atoms with Gasteiger partial charge in [0.05, 0.1) is 11.7 Å². The minimum atomic E-state index is -0.361. The van der Waals surface area contributed by atoms with E-state index in [0.717, 1.165) is 0 Å². The molecule has 2 aromatic rings. The molecule has 1 aromatic carbocycles. The second-order valence-electron chi connectivity index (χ2n) is 5.06. The second kappa shape index (κ2) is 5.99. The first-order chi connectivity index (χ1) is 9.95. The van der Waals surface area contributed by atoms with Crippen molar-refractivity contribution in [3.05, 3.63) is 53.6 Å². The summed E-state index contributed by atoms with van der Waals surface area (Å²) in [7, 11) is 1.67. The third-order valence-electron chi connectivity index (χ3n) is 3.73. The Kier molecular flexibility index (Phi) is 4.31. The number of halogens is 1. The monoisotopic (exact) mass is 289 g/mol. The molecule has 0 aliphatic carbocycles. The number of nitrogens with two attached hydrogens (primary N) is 1. The van der Waals surface area contributed by atoms with Crippen molar-refractivity contribution in [2.75, 3.05) is 12.8 Å². The Labute approximate surface area is 124 Å². The SMILES string of the molecule is CCn1cc(N)cc1C(=O)N(C)C(C)c1ccccc1F. The van der Waals surface area contributed by atoms with Gasteiger partial charge in [-0.05, 0) is 26.0 Å². The summed E-state index contributed by atoms with van der Waals surface area (Å²) in [6.07, 6.45) is 1.73. The fraction of sp³-hybridized carbons (Fsp3) is 0.312. The number of nitrogen functional groups attached to an aromatic ring is 1. The van der Waals surface area contributed by atoms with Crippen molar-refractivity contribution in [2.24, 2.45) is 0 Å². The van der Waals surface area contributed by atoms with Crippen LogP contribution in [0, 0.1) is 5.82 Å². The zero-order valence-corrected chi connectivity index (χ0v) is 12.5. The number of carbonyl (C=O) groups is 1. The molecule has 1 amide bonds. The number of aromatic nitrogens is 1. The molecule has 0 aliphatic heterocycles. The van der Waals surface area contributed by atoms with E-state index in [2.05, 4.69) is 0 Å². The maximum atomic E-state index is 13.9. The van der Waals surface area contributed by atoms with Crippen LogP contribution < -0.4 is 5.73 Å². The van der Waals surface area contributed by atoms with Gasteiger partial charge in [0.2, 0.25) is 0 Å². The molecule has 0 aliphatic rings. The molecule has 0 fully saturated rings. The third kappa shape index (κ3) is 2.91. The number of aryl methyl sites for hydroxylation is 1. The molecule has 0 spiro atoms.